The fourth-order valence-electron chi connectivity index (χ4n) is 3.64. The number of hydrogen-bond acceptors (Lipinski definition) is 2. The van der Waals surface area contributed by atoms with Gasteiger partial charge in [0.25, 0.3) is 0 Å². The van der Waals surface area contributed by atoms with E-state index in [0.717, 1.165) is 38.5 Å². The van der Waals surface area contributed by atoms with Gasteiger partial charge in [0.05, 0.1) is 12.0 Å². The molecule has 20 heavy (non-hydrogen) atoms. The van der Waals surface area contributed by atoms with Crippen molar-refractivity contribution in [3.63, 3.8) is 0 Å². The molecule has 2 nitrogen and oxygen atoms in total. The van der Waals surface area contributed by atoms with Crippen LogP contribution in [0, 0.1) is 11.3 Å². The van der Waals surface area contributed by atoms with Crippen LogP contribution in [0.2, 0.25) is 0 Å². The number of hydrogen-bond donors (Lipinski definition) is 0. The lowest BCUT2D eigenvalue weighted by atomic mass is 9.80. The molecular weight excluding hydrogens is 248 g/mol. The summed E-state index contributed by atoms with van der Waals surface area (Å²) in [4.78, 5) is 12.3. The third kappa shape index (κ3) is 3.41. The van der Waals surface area contributed by atoms with Crippen LogP contribution in [0.3, 0.4) is 0 Å². The van der Waals surface area contributed by atoms with E-state index in [1.54, 1.807) is 0 Å². The van der Waals surface area contributed by atoms with Gasteiger partial charge in [0.15, 0.2) is 0 Å². The summed E-state index contributed by atoms with van der Waals surface area (Å²) in [6, 6.07) is 10.6. The van der Waals surface area contributed by atoms with E-state index in [1.165, 1.54) is 5.56 Å². The molecule has 0 aromatic heterocycles. The van der Waals surface area contributed by atoms with Gasteiger partial charge in [-0.05, 0) is 50.5 Å². The van der Waals surface area contributed by atoms with E-state index < -0.39 is 0 Å². The number of esters is 1. The van der Waals surface area contributed by atoms with Gasteiger partial charge in [-0.1, -0.05) is 43.7 Å². The summed E-state index contributed by atoms with van der Waals surface area (Å²) in [5, 5.41) is 0. The largest absolute Gasteiger partial charge is 0.466 e. The molecule has 2 heteroatoms. The summed E-state index contributed by atoms with van der Waals surface area (Å²) in [5.41, 5.74) is 1.18. The Bertz CT molecular complexity index is 426. The first-order valence-corrected chi connectivity index (χ1v) is 7.91. The minimum atomic E-state index is -0.204. The molecule has 110 valence electrons. The molecule has 0 radical (unpaired) electrons. The molecule has 1 saturated carbocycles. The zero-order valence-electron chi connectivity index (χ0n) is 12.7. The molecule has 1 aliphatic carbocycles. The Balaban J connectivity index is 2.02. The molecule has 1 aliphatic rings. The number of carbonyl (C=O) groups excluding carboxylic acids is 1. The molecule has 1 fully saturated rings. The van der Waals surface area contributed by atoms with E-state index in [2.05, 4.69) is 37.3 Å². The van der Waals surface area contributed by atoms with Gasteiger partial charge in [0.2, 0.25) is 0 Å². The number of benzene rings is 1. The second-order valence-electron chi connectivity index (χ2n) is 6.05. The smallest absolute Gasteiger partial charge is 0.312 e. The normalized spacial score (nSPS) is 25.6. The van der Waals surface area contributed by atoms with E-state index in [4.69, 9.17) is 4.74 Å². The Morgan fingerprint density at radius 3 is 2.70 bits per heavy atom. The number of rotatable bonds is 6. The lowest BCUT2D eigenvalue weighted by Gasteiger charge is -2.26. The average Bonchev–Trinajstić information content (AvgIpc) is 2.85. The van der Waals surface area contributed by atoms with Crippen LogP contribution in [0.4, 0.5) is 0 Å². The van der Waals surface area contributed by atoms with Crippen LogP contribution in [-0.2, 0) is 16.0 Å². The lowest BCUT2D eigenvalue weighted by molar-refractivity contribution is -0.155. The zero-order valence-corrected chi connectivity index (χ0v) is 12.7. The zero-order chi connectivity index (χ0) is 14.4. The Morgan fingerprint density at radius 2 is 2.05 bits per heavy atom. The van der Waals surface area contributed by atoms with Gasteiger partial charge in [-0.25, -0.2) is 0 Å². The molecular formula is C18H26O2. The molecule has 0 saturated heterocycles. The molecule has 0 spiro atoms. The van der Waals surface area contributed by atoms with Crippen LogP contribution in [0.1, 0.15) is 51.5 Å². The van der Waals surface area contributed by atoms with Crippen molar-refractivity contribution in [3.8, 4) is 0 Å². The van der Waals surface area contributed by atoms with Crippen molar-refractivity contribution in [2.45, 2.75) is 52.4 Å². The maximum atomic E-state index is 12.3. The Morgan fingerprint density at radius 1 is 1.30 bits per heavy atom. The highest BCUT2D eigenvalue weighted by Crippen LogP contribution is 2.47. The van der Waals surface area contributed by atoms with Gasteiger partial charge in [0, 0.05) is 0 Å². The molecule has 0 heterocycles. The van der Waals surface area contributed by atoms with Crippen molar-refractivity contribution in [2.75, 3.05) is 6.61 Å². The highest BCUT2D eigenvalue weighted by Gasteiger charge is 2.45. The minimum Gasteiger partial charge on any atom is -0.466 e. The first-order chi connectivity index (χ1) is 9.70. The van der Waals surface area contributed by atoms with Crippen LogP contribution in [0.15, 0.2) is 30.3 Å². The van der Waals surface area contributed by atoms with E-state index in [1.807, 2.05) is 6.92 Å². The Hall–Kier alpha value is -1.31. The Kier molecular flexibility index (Phi) is 5.22. The fraction of sp³-hybridized carbons (Fsp3) is 0.611. The Labute approximate surface area is 122 Å². The van der Waals surface area contributed by atoms with Crippen LogP contribution >= 0.6 is 0 Å². The summed E-state index contributed by atoms with van der Waals surface area (Å²) < 4.78 is 5.34. The van der Waals surface area contributed by atoms with Gasteiger partial charge in [0.1, 0.15) is 0 Å². The summed E-state index contributed by atoms with van der Waals surface area (Å²) in [7, 11) is 0. The van der Waals surface area contributed by atoms with Gasteiger partial charge < -0.3 is 4.74 Å². The van der Waals surface area contributed by atoms with Crippen molar-refractivity contribution in [2.24, 2.45) is 11.3 Å². The maximum absolute atomic E-state index is 12.3. The van der Waals surface area contributed by atoms with Crippen molar-refractivity contribution in [1.29, 1.82) is 0 Å². The molecule has 0 amide bonds. The third-order valence-corrected chi connectivity index (χ3v) is 4.51. The van der Waals surface area contributed by atoms with Crippen LogP contribution < -0.4 is 0 Å². The number of carbonyl (C=O) groups is 1. The van der Waals surface area contributed by atoms with Crippen LogP contribution in [0.5, 0.6) is 0 Å². The third-order valence-electron chi connectivity index (χ3n) is 4.51. The van der Waals surface area contributed by atoms with Crippen molar-refractivity contribution in [3.05, 3.63) is 35.9 Å². The van der Waals surface area contributed by atoms with Crippen molar-refractivity contribution >= 4 is 5.97 Å². The lowest BCUT2D eigenvalue weighted by Crippen LogP contribution is -2.30. The second kappa shape index (κ2) is 6.92. The molecule has 0 N–H and O–H groups in total. The summed E-state index contributed by atoms with van der Waals surface area (Å²) in [6.07, 6.45) is 6.25. The highest BCUT2D eigenvalue weighted by molar-refractivity contribution is 5.77. The molecule has 1 aromatic carbocycles. The van der Waals surface area contributed by atoms with Gasteiger partial charge in [-0.15, -0.1) is 0 Å². The molecule has 1 aromatic rings. The van der Waals surface area contributed by atoms with Gasteiger partial charge in [-0.2, -0.15) is 0 Å². The van der Waals surface area contributed by atoms with E-state index >= 15 is 0 Å². The standard InChI is InChI=1S/C18H26O2/c1-3-11-18(17(19)20-4-2)12-10-16(14-18)13-15-8-6-5-7-9-15/h5-9,16H,3-4,10-14H2,1-2H3. The summed E-state index contributed by atoms with van der Waals surface area (Å²) >= 11 is 0. The maximum Gasteiger partial charge on any atom is 0.312 e. The average molecular weight is 274 g/mol. The quantitative estimate of drug-likeness (QED) is 0.720. The SMILES string of the molecule is CCCC1(C(=O)OCC)CCC(Cc2ccccc2)C1. The minimum absolute atomic E-state index is 0.0393. The predicted octanol–water partition coefficient (Wildman–Crippen LogP) is 4.38. The first kappa shape index (κ1) is 15.1. The fourth-order valence-corrected chi connectivity index (χ4v) is 3.64. The van der Waals surface area contributed by atoms with E-state index in [0.29, 0.717) is 12.5 Å². The summed E-state index contributed by atoms with van der Waals surface area (Å²) in [6.45, 7) is 4.55. The first-order valence-electron chi connectivity index (χ1n) is 7.91. The van der Waals surface area contributed by atoms with Gasteiger partial charge in [-0.3, -0.25) is 4.79 Å². The monoisotopic (exact) mass is 274 g/mol. The second-order valence-corrected chi connectivity index (χ2v) is 6.05. The number of ether oxygens (including phenoxy) is 1. The van der Waals surface area contributed by atoms with Gasteiger partial charge >= 0.3 is 5.97 Å². The van der Waals surface area contributed by atoms with Crippen LogP contribution in [-0.4, -0.2) is 12.6 Å². The highest BCUT2D eigenvalue weighted by atomic mass is 16.5. The molecule has 0 bridgehead atoms. The summed E-state index contributed by atoms with van der Waals surface area (Å²) in [5.74, 6) is 0.658. The molecule has 2 unspecified atom stereocenters. The topological polar surface area (TPSA) is 26.3 Å². The molecule has 2 rings (SSSR count). The van der Waals surface area contributed by atoms with Crippen molar-refractivity contribution in [1.82, 2.24) is 0 Å². The van der Waals surface area contributed by atoms with Crippen molar-refractivity contribution < 1.29 is 9.53 Å². The van der Waals surface area contributed by atoms with E-state index in [9.17, 15) is 4.79 Å². The molecule has 2 atom stereocenters. The predicted molar refractivity (Wildman–Crippen MR) is 81.5 cm³/mol. The van der Waals surface area contributed by atoms with Crippen LogP contribution in [0.25, 0.3) is 0 Å². The van der Waals surface area contributed by atoms with E-state index in [-0.39, 0.29) is 11.4 Å². The molecule has 0 aliphatic heterocycles.